The molecule has 0 aromatic heterocycles. The number of amidine groups is 1. The van der Waals surface area contributed by atoms with Gasteiger partial charge in [0.2, 0.25) is 11.9 Å². The molecule has 0 aliphatic carbocycles. The van der Waals surface area contributed by atoms with Crippen LogP contribution in [0.1, 0.15) is 35.7 Å². The summed E-state index contributed by atoms with van der Waals surface area (Å²) in [5.74, 6) is 0.0931. The lowest BCUT2D eigenvalue weighted by atomic mass is 9.93. The highest BCUT2D eigenvalue weighted by molar-refractivity contribution is 6.19. The van der Waals surface area contributed by atoms with Crippen molar-refractivity contribution in [2.45, 2.75) is 26.2 Å². The van der Waals surface area contributed by atoms with Crippen LogP contribution in [0.3, 0.4) is 0 Å². The first kappa shape index (κ1) is 15.1. The number of Topliss-reactive ketones (excluding diaryl/α,β-unsaturated/α-hetero) is 1. The number of amides is 1. The van der Waals surface area contributed by atoms with Crippen molar-refractivity contribution in [2.75, 3.05) is 0 Å². The Labute approximate surface area is 134 Å². The van der Waals surface area contributed by atoms with Gasteiger partial charge in [-0.2, -0.15) is 4.99 Å². The van der Waals surface area contributed by atoms with Crippen LogP contribution in [0.4, 0.5) is 0 Å². The fraction of sp³-hybridized carbons (Fsp3) is 0.294. The SMILES string of the molecule is CCC(=O)c1ccc(CCC2=CN=C3N=C(N)NC(=O)C23)cc1. The van der Waals surface area contributed by atoms with E-state index in [0.29, 0.717) is 18.7 Å². The van der Waals surface area contributed by atoms with Crippen LogP contribution in [0.2, 0.25) is 0 Å². The maximum absolute atomic E-state index is 12.0. The highest BCUT2D eigenvalue weighted by Gasteiger charge is 2.35. The first-order valence-corrected chi connectivity index (χ1v) is 7.62. The molecule has 2 aliphatic rings. The molecule has 0 fully saturated rings. The van der Waals surface area contributed by atoms with Crippen molar-refractivity contribution in [1.82, 2.24) is 5.32 Å². The number of hydrogen-bond donors (Lipinski definition) is 2. The molecule has 2 aliphatic heterocycles. The van der Waals surface area contributed by atoms with Crippen molar-refractivity contribution in [3.63, 3.8) is 0 Å². The van der Waals surface area contributed by atoms with Gasteiger partial charge in [-0.15, -0.1) is 0 Å². The molecule has 118 valence electrons. The molecule has 1 amide bonds. The van der Waals surface area contributed by atoms with E-state index < -0.39 is 5.92 Å². The zero-order valence-electron chi connectivity index (χ0n) is 12.9. The number of rotatable bonds is 5. The minimum absolute atomic E-state index is 0.0934. The van der Waals surface area contributed by atoms with Crippen molar-refractivity contribution >= 4 is 23.5 Å². The quantitative estimate of drug-likeness (QED) is 0.808. The summed E-state index contributed by atoms with van der Waals surface area (Å²) >= 11 is 0. The molecule has 2 heterocycles. The summed E-state index contributed by atoms with van der Waals surface area (Å²) in [5, 5.41) is 2.53. The lowest BCUT2D eigenvalue weighted by Gasteiger charge is -2.19. The highest BCUT2D eigenvalue weighted by Crippen LogP contribution is 2.27. The Kier molecular flexibility index (Phi) is 4.06. The standard InChI is InChI=1S/C17H18N4O2/c1-2-13(22)11-6-3-10(4-7-11)5-8-12-9-19-15-14(12)16(23)21-17(18)20-15/h3-4,6-7,9,14H,2,5,8H2,1H3,(H3,18,19,20,21,23). The predicted octanol–water partition coefficient (Wildman–Crippen LogP) is 1.57. The number of guanidine groups is 1. The number of ketones is 1. The molecule has 3 N–H and O–H groups in total. The predicted molar refractivity (Wildman–Crippen MR) is 88.2 cm³/mol. The largest absolute Gasteiger partial charge is 0.369 e. The van der Waals surface area contributed by atoms with Crippen LogP contribution in [-0.2, 0) is 11.2 Å². The molecule has 6 nitrogen and oxygen atoms in total. The molecule has 0 bridgehead atoms. The number of nitrogens with two attached hydrogens (primary N) is 1. The molecule has 0 saturated carbocycles. The molecule has 1 atom stereocenters. The van der Waals surface area contributed by atoms with Gasteiger partial charge in [-0.05, 0) is 24.0 Å². The van der Waals surface area contributed by atoms with Gasteiger partial charge in [0.05, 0.1) is 0 Å². The Balaban J connectivity index is 1.64. The first-order chi connectivity index (χ1) is 11.1. The van der Waals surface area contributed by atoms with E-state index in [-0.39, 0.29) is 17.6 Å². The maximum atomic E-state index is 12.0. The maximum Gasteiger partial charge on any atom is 0.241 e. The Hall–Kier alpha value is -2.76. The highest BCUT2D eigenvalue weighted by atomic mass is 16.2. The Morgan fingerprint density at radius 1 is 1.26 bits per heavy atom. The van der Waals surface area contributed by atoms with Gasteiger partial charge >= 0.3 is 0 Å². The minimum atomic E-state index is -0.428. The number of nitrogens with zero attached hydrogens (tertiary/aromatic N) is 2. The number of aryl methyl sites for hydroxylation is 1. The molecule has 3 rings (SSSR count). The number of hydrogen-bond acceptors (Lipinski definition) is 5. The fourth-order valence-electron chi connectivity index (χ4n) is 2.75. The number of carbonyl (C=O) groups is 2. The Morgan fingerprint density at radius 2 is 2.00 bits per heavy atom. The van der Waals surface area contributed by atoms with Crippen molar-refractivity contribution in [1.29, 1.82) is 0 Å². The van der Waals surface area contributed by atoms with E-state index in [2.05, 4.69) is 15.3 Å². The number of nitrogens with one attached hydrogen (secondary N) is 1. The third-order valence-electron chi connectivity index (χ3n) is 4.04. The molecular formula is C17H18N4O2. The molecule has 0 radical (unpaired) electrons. The topological polar surface area (TPSA) is 96.9 Å². The molecule has 23 heavy (non-hydrogen) atoms. The van der Waals surface area contributed by atoms with Gasteiger partial charge in [-0.25, -0.2) is 4.99 Å². The number of aliphatic imine (C=N–C) groups is 2. The van der Waals surface area contributed by atoms with Crippen molar-refractivity contribution < 1.29 is 9.59 Å². The Morgan fingerprint density at radius 3 is 2.70 bits per heavy atom. The zero-order chi connectivity index (χ0) is 16.4. The van der Waals surface area contributed by atoms with Crippen LogP contribution in [0.5, 0.6) is 0 Å². The van der Waals surface area contributed by atoms with Gasteiger partial charge in [0, 0.05) is 18.2 Å². The summed E-state index contributed by atoms with van der Waals surface area (Å²) in [6, 6.07) is 7.61. The number of fused-ring (bicyclic) bond motifs is 1. The average Bonchev–Trinajstić information content (AvgIpc) is 2.95. The molecule has 1 unspecified atom stereocenters. The monoisotopic (exact) mass is 310 g/mol. The van der Waals surface area contributed by atoms with E-state index in [9.17, 15) is 9.59 Å². The second kappa shape index (κ2) is 6.16. The number of carbonyl (C=O) groups excluding carboxylic acids is 2. The van der Waals surface area contributed by atoms with Gasteiger partial charge in [0.25, 0.3) is 0 Å². The van der Waals surface area contributed by atoms with Crippen molar-refractivity contribution in [2.24, 2.45) is 21.6 Å². The van der Waals surface area contributed by atoms with E-state index >= 15 is 0 Å². The molecule has 6 heteroatoms. The van der Waals surface area contributed by atoms with Crippen LogP contribution in [0.25, 0.3) is 0 Å². The van der Waals surface area contributed by atoms with E-state index in [1.807, 2.05) is 31.2 Å². The molecule has 1 aromatic carbocycles. The van der Waals surface area contributed by atoms with Gasteiger partial charge in [-0.1, -0.05) is 31.2 Å². The smallest absolute Gasteiger partial charge is 0.241 e. The summed E-state index contributed by atoms with van der Waals surface area (Å²) in [7, 11) is 0. The fourth-order valence-corrected chi connectivity index (χ4v) is 2.75. The average molecular weight is 310 g/mol. The van der Waals surface area contributed by atoms with Crippen LogP contribution >= 0.6 is 0 Å². The van der Waals surface area contributed by atoms with Gasteiger partial charge < -0.3 is 5.73 Å². The summed E-state index contributed by atoms with van der Waals surface area (Å²) in [6.45, 7) is 1.85. The molecule has 1 aromatic rings. The van der Waals surface area contributed by atoms with E-state index in [1.54, 1.807) is 6.20 Å². The van der Waals surface area contributed by atoms with Crippen LogP contribution in [-0.4, -0.2) is 23.5 Å². The Bertz CT molecular complexity index is 744. The van der Waals surface area contributed by atoms with Crippen molar-refractivity contribution in [3.05, 3.63) is 47.2 Å². The van der Waals surface area contributed by atoms with E-state index in [1.165, 1.54) is 0 Å². The number of benzene rings is 1. The lowest BCUT2D eigenvalue weighted by Crippen LogP contribution is -2.47. The van der Waals surface area contributed by atoms with E-state index in [0.717, 1.165) is 23.1 Å². The third-order valence-corrected chi connectivity index (χ3v) is 4.04. The summed E-state index contributed by atoms with van der Waals surface area (Å²) in [5.41, 5.74) is 8.31. The lowest BCUT2D eigenvalue weighted by molar-refractivity contribution is -0.120. The summed E-state index contributed by atoms with van der Waals surface area (Å²) < 4.78 is 0. The van der Waals surface area contributed by atoms with Gasteiger partial charge in [-0.3, -0.25) is 14.9 Å². The third kappa shape index (κ3) is 3.06. The van der Waals surface area contributed by atoms with Crippen LogP contribution < -0.4 is 11.1 Å². The second-order valence-corrected chi connectivity index (χ2v) is 5.58. The zero-order valence-corrected chi connectivity index (χ0v) is 12.9. The van der Waals surface area contributed by atoms with Gasteiger partial charge in [0.1, 0.15) is 11.8 Å². The molecular weight excluding hydrogens is 292 g/mol. The molecule has 0 saturated heterocycles. The van der Waals surface area contributed by atoms with Gasteiger partial charge in [0.15, 0.2) is 5.78 Å². The minimum Gasteiger partial charge on any atom is -0.369 e. The summed E-state index contributed by atoms with van der Waals surface area (Å²) in [4.78, 5) is 31.9. The first-order valence-electron chi connectivity index (χ1n) is 7.62. The van der Waals surface area contributed by atoms with Crippen LogP contribution in [0, 0.1) is 5.92 Å². The van der Waals surface area contributed by atoms with Crippen LogP contribution in [0.15, 0.2) is 46.0 Å². The molecule has 0 spiro atoms. The normalized spacial score (nSPS) is 19.4. The summed E-state index contributed by atoms with van der Waals surface area (Å²) in [6.07, 6.45) is 3.70. The van der Waals surface area contributed by atoms with E-state index in [4.69, 9.17) is 5.73 Å². The second-order valence-electron chi connectivity index (χ2n) is 5.58. The van der Waals surface area contributed by atoms with Crippen molar-refractivity contribution in [3.8, 4) is 0 Å².